The maximum atomic E-state index is 12.3. The van der Waals surface area contributed by atoms with Gasteiger partial charge >= 0.3 is 5.97 Å². The first kappa shape index (κ1) is 13.6. The molecule has 0 saturated heterocycles. The first-order valence-electron chi connectivity index (χ1n) is 5.65. The number of nitrogens with zero attached hydrogens (tertiary/aromatic N) is 1. The Balaban J connectivity index is 2.80. The van der Waals surface area contributed by atoms with Crippen LogP contribution in [0.25, 0.3) is 10.9 Å². The number of benzene rings is 1. The highest BCUT2D eigenvalue weighted by atomic mass is 79.9. The molecule has 0 aliphatic carbocycles. The third-order valence-corrected chi connectivity index (χ3v) is 3.27. The van der Waals surface area contributed by atoms with Crippen LogP contribution in [0.1, 0.15) is 17.3 Å². The topological polar surface area (TPSA) is 57.5 Å². The minimum absolute atomic E-state index is 0.0469. The van der Waals surface area contributed by atoms with Crippen LogP contribution in [0.3, 0.4) is 0 Å². The Hall–Kier alpha value is -1.82. The van der Waals surface area contributed by atoms with Crippen LogP contribution >= 0.6 is 15.9 Å². The predicted molar refractivity (Wildman–Crippen MR) is 74.4 cm³/mol. The summed E-state index contributed by atoms with van der Waals surface area (Å²) in [6.07, 6.45) is 1.34. The fraction of sp³-hybridized carbons (Fsp3) is 0.231. The Labute approximate surface area is 117 Å². The number of ether oxygens (including phenoxy) is 1. The highest BCUT2D eigenvalue weighted by Gasteiger charge is 2.17. The lowest BCUT2D eigenvalue weighted by atomic mass is 10.1. The standard InChI is InChI=1S/C13H12BrNO4/c1-3-19-13(17)9-7-15(18-2)11-8(12(9)16)5-4-6-10(11)14/h4-7H,3H2,1-2H3. The minimum atomic E-state index is -0.653. The van der Waals surface area contributed by atoms with E-state index in [2.05, 4.69) is 15.9 Å². The van der Waals surface area contributed by atoms with Gasteiger partial charge in [-0.25, -0.2) is 4.79 Å². The monoisotopic (exact) mass is 325 g/mol. The van der Waals surface area contributed by atoms with E-state index in [9.17, 15) is 9.59 Å². The number of aromatic nitrogens is 1. The molecule has 0 N–H and O–H groups in total. The summed E-state index contributed by atoms with van der Waals surface area (Å²) >= 11 is 3.36. The normalized spacial score (nSPS) is 10.5. The van der Waals surface area contributed by atoms with Crippen LogP contribution in [-0.2, 0) is 4.74 Å². The van der Waals surface area contributed by atoms with Gasteiger partial charge in [-0.05, 0) is 35.0 Å². The molecule has 0 amide bonds. The molecule has 100 valence electrons. The van der Waals surface area contributed by atoms with Crippen LogP contribution in [0.2, 0.25) is 0 Å². The molecule has 2 aromatic rings. The number of carbonyl (C=O) groups is 1. The lowest BCUT2D eigenvalue weighted by Gasteiger charge is -2.12. The van der Waals surface area contributed by atoms with E-state index >= 15 is 0 Å². The summed E-state index contributed by atoms with van der Waals surface area (Å²) in [7, 11) is 1.46. The predicted octanol–water partition coefficient (Wildman–Crippen LogP) is 2.00. The molecule has 6 heteroatoms. The molecule has 1 aromatic carbocycles. The van der Waals surface area contributed by atoms with Crippen LogP contribution in [0.4, 0.5) is 0 Å². The van der Waals surface area contributed by atoms with Gasteiger partial charge in [0.25, 0.3) is 0 Å². The largest absolute Gasteiger partial charge is 0.462 e. The molecular weight excluding hydrogens is 314 g/mol. The molecule has 0 atom stereocenters. The van der Waals surface area contributed by atoms with Gasteiger partial charge in [0.15, 0.2) is 0 Å². The average molecular weight is 326 g/mol. The second kappa shape index (κ2) is 5.44. The number of esters is 1. The molecule has 1 heterocycles. The van der Waals surface area contributed by atoms with Crippen molar-refractivity contribution in [3.63, 3.8) is 0 Å². The van der Waals surface area contributed by atoms with Gasteiger partial charge in [-0.15, -0.1) is 0 Å². The van der Waals surface area contributed by atoms with Crippen molar-refractivity contribution in [2.45, 2.75) is 6.92 Å². The molecule has 0 radical (unpaired) electrons. The lowest BCUT2D eigenvalue weighted by Crippen LogP contribution is -2.22. The van der Waals surface area contributed by atoms with E-state index in [4.69, 9.17) is 9.57 Å². The molecule has 0 aliphatic rings. The van der Waals surface area contributed by atoms with Crippen molar-refractivity contribution >= 4 is 32.8 Å². The number of hydrogen-bond acceptors (Lipinski definition) is 4. The summed E-state index contributed by atoms with van der Waals surface area (Å²) in [4.78, 5) is 29.2. The molecule has 0 spiro atoms. The van der Waals surface area contributed by atoms with Crippen molar-refractivity contribution in [1.82, 2.24) is 4.73 Å². The molecular formula is C13H12BrNO4. The van der Waals surface area contributed by atoms with Gasteiger partial charge in [-0.2, -0.15) is 4.73 Å². The van der Waals surface area contributed by atoms with Crippen molar-refractivity contribution < 1.29 is 14.4 Å². The Morgan fingerprint density at radius 2 is 2.16 bits per heavy atom. The summed E-state index contributed by atoms with van der Waals surface area (Å²) in [6.45, 7) is 1.90. The average Bonchev–Trinajstić information content (AvgIpc) is 2.40. The van der Waals surface area contributed by atoms with Gasteiger partial charge in [-0.1, -0.05) is 6.07 Å². The Bertz CT molecular complexity index is 693. The number of para-hydroxylation sites is 1. The van der Waals surface area contributed by atoms with E-state index in [0.717, 1.165) is 0 Å². The number of pyridine rings is 1. The summed E-state index contributed by atoms with van der Waals surface area (Å²) in [5.74, 6) is -0.653. The maximum Gasteiger partial charge on any atom is 0.343 e. The fourth-order valence-electron chi connectivity index (χ4n) is 1.81. The molecule has 0 fully saturated rings. The summed E-state index contributed by atoms with van der Waals surface area (Å²) in [5.41, 5.74) is 0.153. The number of rotatable bonds is 3. The third kappa shape index (κ3) is 2.35. The second-order valence-electron chi connectivity index (χ2n) is 3.74. The molecule has 19 heavy (non-hydrogen) atoms. The smallest absolute Gasteiger partial charge is 0.343 e. The van der Waals surface area contributed by atoms with Gasteiger partial charge in [0.05, 0.1) is 18.2 Å². The zero-order valence-corrected chi connectivity index (χ0v) is 12.1. The number of hydrogen-bond donors (Lipinski definition) is 0. The zero-order chi connectivity index (χ0) is 14.0. The van der Waals surface area contributed by atoms with Gasteiger partial charge in [0.2, 0.25) is 5.43 Å². The number of halogens is 1. The summed E-state index contributed by atoms with van der Waals surface area (Å²) in [5, 5.41) is 0.391. The van der Waals surface area contributed by atoms with Gasteiger partial charge in [0.1, 0.15) is 18.2 Å². The number of fused-ring (bicyclic) bond motifs is 1. The van der Waals surface area contributed by atoms with Crippen molar-refractivity contribution in [1.29, 1.82) is 0 Å². The van der Waals surface area contributed by atoms with E-state index < -0.39 is 5.97 Å². The Morgan fingerprint density at radius 1 is 1.42 bits per heavy atom. The first-order valence-corrected chi connectivity index (χ1v) is 6.45. The summed E-state index contributed by atoms with van der Waals surface area (Å²) in [6, 6.07) is 5.16. The van der Waals surface area contributed by atoms with E-state index in [0.29, 0.717) is 15.4 Å². The highest BCUT2D eigenvalue weighted by molar-refractivity contribution is 9.10. The van der Waals surface area contributed by atoms with E-state index in [1.165, 1.54) is 18.0 Å². The Morgan fingerprint density at radius 3 is 2.79 bits per heavy atom. The third-order valence-electron chi connectivity index (χ3n) is 2.63. The van der Waals surface area contributed by atoms with E-state index in [1.54, 1.807) is 25.1 Å². The van der Waals surface area contributed by atoms with Crippen molar-refractivity contribution in [3.8, 4) is 0 Å². The molecule has 0 saturated carbocycles. The summed E-state index contributed by atoms with van der Waals surface area (Å²) < 4.78 is 6.94. The van der Waals surface area contributed by atoms with Gasteiger partial charge in [-0.3, -0.25) is 4.79 Å². The quantitative estimate of drug-likeness (QED) is 0.810. The van der Waals surface area contributed by atoms with Crippen LogP contribution in [-0.4, -0.2) is 24.4 Å². The second-order valence-corrected chi connectivity index (χ2v) is 4.59. The van der Waals surface area contributed by atoms with Crippen LogP contribution in [0.15, 0.2) is 33.7 Å². The van der Waals surface area contributed by atoms with E-state index in [-0.39, 0.29) is 17.6 Å². The molecule has 5 nitrogen and oxygen atoms in total. The first-order chi connectivity index (χ1) is 9.10. The number of carbonyl (C=O) groups excluding carboxylic acids is 1. The molecule has 1 aromatic heterocycles. The van der Waals surface area contributed by atoms with Gasteiger partial charge in [0, 0.05) is 4.47 Å². The molecule has 0 bridgehead atoms. The molecule has 2 rings (SSSR count). The fourth-order valence-corrected chi connectivity index (χ4v) is 2.35. The molecule has 0 aliphatic heterocycles. The highest BCUT2D eigenvalue weighted by Crippen LogP contribution is 2.21. The van der Waals surface area contributed by atoms with E-state index in [1.807, 2.05) is 0 Å². The lowest BCUT2D eigenvalue weighted by molar-refractivity contribution is 0.0520. The van der Waals surface area contributed by atoms with Crippen molar-refractivity contribution in [2.24, 2.45) is 0 Å². The molecule has 0 unspecified atom stereocenters. The maximum absolute atomic E-state index is 12.3. The van der Waals surface area contributed by atoms with Gasteiger partial charge < -0.3 is 9.57 Å². The SMILES string of the molecule is CCOC(=O)c1cn(OC)c2c(Br)cccc2c1=O. The zero-order valence-electron chi connectivity index (χ0n) is 10.5. The van der Waals surface area contributed by atoms with Crippen LogP contribution in [0, 0.1) is 0 Å². The Kier molecular flexibility index (Phi) is 3.90. The van der Waals surface area contributed by atoms with Crippen LogP contribution in [0.5, 0.6) is 0 Å². The minimum Gasteiger partial charge on any atom is -0.462 e. The van der Waals surface area contributed by atoms with Crippen LogP contribution < -0.4 is 10.3 Å². The van der Waals surface area contributed by atoms with Crippen molar-refractivity contribution in [2.75, 3.05) is 13.7 Å². The van der Waals surface area contributed by atoms with Crippen molar-refractivity contribution in [3.05, 3.63) is 44.7 Å².